The van der Waals surface area contributed by atoms with Crippen LogP contribution in [0.1, 0.15) is 12.0 Å². The minimum atomic E-state index is -0.615. The third kappa shape index (κ3) is 5.14. The quantitative estimate of drug-likeness (QED) is 0.589. The lowest BCUT2D eigenvalue weighted by atomic mass is 10.2. The van der Waals surface area contributed by atoms with Crippen LogP contribution in [0.15, 0.2) is 57.7 Å². The summed E-state index contributed by atoms with van der Waals surface area (Å²) >= 11 is 0. The Morgan fingerprint density at radius 3 is 2.45 bits per heavy atom. The van der Waals surface area contributed by atoms with E-state index in [1.807, 2.05) is 37.4 Å². The molecule has 0 spiro atoms. The first-order valence-corrected chi connectivity index (χ1v) is 9.22. The molecule has 0 radical (unpaired) electrons. The highest BCUT2D eigenvalue weighted by Crippen LogP contribution is 2.32. The van der Waals surface area contributed by atoms with E-state index in [0.29, 0.717) is 29.0 Å². The van der Waals surface area contributed by atoms with Gasteiger partial charge in [-0.15, -0.1) is 0 Å². The summed E-state index contributed by atoms with van der Waals surface area (Å²) in [5.74, 6) is 0.715. The average Bonchev–Trinajstić information content (AvgIpc) is 2.72. The van der Waals surface area contributed by atoms with Crippen molar-refractivity contribution in [1.29, 1.82) is 0 Å². The molecule has 3 rings (SSSR count). The number of hydrogen-bond acceptors (Lipinski definition) is 6. The third-order valence-electron chi connectivity index (χ3n) is 4.53. The Labute approximate surface area is 168 Å². The molecule has 1 heterocycles. The molecule has 7 heteroatoms. The van der Waals surface area contributed by atoms with Crippen LogP contribution < -0.4 is 20.4 Å². The molecule has 0 aliphatic carbocycles. The van der Waals surface area contributed by atoms with E-state index in [2.05, 4.69) is 10.2 Å². The monoisotopic (exact) mass is 396 g/mol. The number of hydrogen-bond donors (Lipinski definition) is 1. The fourth-order valence-corrected chi connectivity index (χ4v) is 3.01. The fraction of sp³-hybridized carbons (Fsp3) is 0.273. The zero-order valence-electron chi connectivity index (χ0n) is 16.7. The molecule has 0 unspecified atom stereocenters. The van der Waals surface area contributed by atoms with E-state index in [4.69, 9.17) is 13.9 Å². The van der Waals surface area contributed by atoms with Gasteiger partial charge in [-0.25, -0.2) is 4.79 Å². The molecule has 0 aliphatic rings. The van der Waals surface area contributed by atoms with Gasteiger partial charge in [-0.05, 0) is 24.7 Å². The van der Waals surface area contributed by atoms with E-state index >= 15 is 0 Å². The van der Waals surface area contributed by atoms with Crippen LogP contribution >= 0.6 is 0 Å². The highest BCUT2D eigenvalue weighted by Gasteiger charge is 2.13. The SMILES string of the molecule is COc1cc2cc(NC(=O)CCN(C)Cc3ccccc3)c(=O)oc2cc1OC. The Hall–Kier alpha value is -3.32. The highest BCUT2D eigenvalue weighted by molar-refractivity contribution is 5.93. The first kappa shape index (κ1) is 20.4. The molecule has 7 nitrogen and oxygen atoms in total. The Morgan fingerprint density at radius 1 is 1.07 bits per heavy atom. The van der Waals surface area contributed by atoms with Gasteiger partial charge in [0.15, 0.2) is 11.5 Å². The molecule has 0 atom stereocenters. The summed E-state index contributed by atoms with van der Waals surface area (Å²) in [6.07, 6.45) is 0.257. The van der Waals surface area contributed by atoms with E-state index in [-0.39, 0.29) is 18.0 Å². The van der Waals surface area contributed by atoms with Crippen molar-refractivity contribution >= 4 is 22.6 Å². The average molecular weight is 396 g/mol. The molecular formula is C22H24N2O5. The molecule has 0 bridgehead atoms. The van der Waals surface area contributed by atoms with Gasteiger partial charge < -0.3 is 24.1 Å². The molecule has 0 aliphatic heterocycles. The van der Waals surface area contributed by atoms with Crippen molar-refractivity contribution in [3.05, 3.63) is 64.5 Å². The van der Waals surface area contributed by atoms with E-state index < -0.39 is 5.63 Å². The van der Waals surface area contributed by atoms with Gasteiger partial charge in [-0.3, -0.25) is 4.79 Å². The van der Waals surface area contributed by atoms with Crippen LogP contribution in [0.4, 0.5) is 5.69 Å². The number of methoxy groups -OCH3 is 2. The second-order valence-corrected chi connectivity index (χ2v) is 6.71. The number of benzene rings is 2. The maximum Gasteiger partial charge on any atom is 0.360 e. The summed E-state index contributed by atoms with van der Waals surface area (Å²) in [6, 6.07) is 14.9. The lowest BCUT2D eigenvalue weighted by Gasteiger charge is -2.16. The molecular weight excluding hydrogens is 372 g/mol. The Kier molecular flexibility index (Phi) is 6.51. The molecule has 0 saturated heterocycles. The number of nitrogens with one attached hydrogen (secondary N) is 1. The summed E-state index contributed by atoms with van der Waals surface area (Å²) in [7, 11) is 4.98. The summed E-state index contributed by atoms with van der Waals surface area (Å²) in [4.78, 5) is 26.6. The van der Waals surface area contributed by atoms with E-state index in [1.165, 1.54) is 19.8 Å². The van der Waals surface area contributed by atoms with Crippen molar-refractivity contribution in [3.8, 4) is 11.5 Å². The van der Waals surface area contributed by atoms with Crippen molar-refractivity contribution in [2.75, 3.05) is 33.1 Å². The second-order valence-electron chi connectivity index (χ2n) is 6.71. The van der Waals surface area contributed by atoms with Gasteiger partial charge in [0.2, 0.25) is 5.91 Å². The predicted octanol–water partition coefficient (Wildman–Crippen LogP) is 3.27. The van der Waals surface area contributed by atoms with Gasteiger partial charge in [0, 0.05) is 31.0 Å². The number of amides is 1. The second kappa shape index (κ2) is 9.25. The minimum Gasteiger partial charge on any atom is -0.493 e. The summed E-state index contributed by atoms with van der Waals surface area (Å²) in [6.45, 7) is 1.30. The lowest BCUT2D eigenvalue weighted by molar-refractivity contribution is -0.116. The molecule has 152 valence electrons. The Balaban J connectivity index is 1.66. The normalized spacial score (nSPS) is 10.9. The van der Waals surface area contributed by atoms with Crippen molar-refractivity contribution in [2.45, 2.75) is 13.0 Å². The van der Waals surface area contributed by atoms with Crippen LogP contribution in [0.2, 0.25) is 0 Å². The van der Waals surface area contributed by atoms with Crippen LogP contribution in [-0.4, -0.2) is 38.6 Å². The summed E-state index contributed by atoms with van der Waals surface area (Å²) in [5, 5.41) is 3.27. The van der Waals surface area contributed by atoms with Gasteiger partial charge in [0.1, 0.15) is 11.3 Å². The molecule has 29 heavy (non-hydrogen) atoms. The van der Waals surface area contributed by atoms with Gasteiger partial charge in [-0.1, -0.05) is 30.3 Å². The highest BCUT2D eigenvalue weighted by atomic mass is 16.5. The van der Waals surface area contributed by atoms with Crippen molar-refractivity contribution < 1.29 is 18.7 Å². The maximum atomic E-state index is 12.3. The lowest BCUT2D eigenvalue weighted by Crippen LogP contribution is -2.25. The Morgan fingerprint density at radius 2 is 1.76 bits per heavy atom. The summed E-state index contributed by atoms with van der Waals surface area (Å²) in [5.41, 5.74) is 1.01. The molecule has 2 aromatic carbocycles. The van der Waals surface area contributed by atoms with Crippen LogP contribution in [0.5, 0.6) is 11.5 Å². The fourth-order valence-electron chi connectivity index (χ4n) is 3.01. The zero-order chi connectivity index (χ0) is 20.8. The number of rotatable bonds is 8. The largest absolute Gasteiger partial charge is 0.493 e. The number of anilines is 1. The first-order chi connectivity index (χ1) is 14.0. The standard InChI is InChI=1S/C22H24N2O5/c1-24(14-15-7-5-4-6-8-15)10-9-21(25)23-17-11-16-12-19(27-2)20(28-3)13-18(16)29-22(17)26/h4-8,11-13H,9-10,14H2,1-3H3,(H,23,25). The molecule has 0 fully saturated rings. The summed E-state index contributed by atoms with van der Waals surface area (Å²) < 4.78 is 15.8. The molecule has 0 saturated carbocycles. The number of nitrogens with zero attached hydrogens (tertiary/aromatic N) is 1. The van der Waals surface area contributed by atoms with Crippen LogP contribution in [0.25, 0.3) is 11.0 Å². The van der Waals surface area contributed by atoms with Crippen molar-refractivity contribution in [2.24, 2.45) is 0 Å². The third-order valence-corrected chi connectivity index (χ3v) is 4.53. The molecule has 1 amide bonds. The van der Waals surface area contributed by atoms with Gasteiger partial charge >= 0.3 is 5.63 Å². The number of carbonyl (C=O) groups excluding carboxylic acids is 1. The Bertz CT molecular complexity index is 1050. The van der Waals surface area contributed by atoms with Crippen LogP contribution in [0, 0.1) is 0 Å². The first-order valence-electron chi connectivity index (χ1n) is 9.22. The van der Waals surface area contributed by atoms with Crippen LogP contribution in [0.3, 0.4) is 0 Å². The number of carbonyl (C=O) groups is 1. The number of fused-ring (bicyclic) bond motifs is 1. The van der Waals surface area contributed by atoms with E-state index in [9.17, 15) is 9.59 Å². The topological polar surface area (TPSA) is 81.0 Å². The van der Waals surface area contributed by atoms with Gasteiger partial charge in [0.25, 0.3) is 0 Å². The maximum absolute atomic E-state index is 12.3. The minimum absolute atomic E-state index is 0.0976. The predicted molar refractivity (Wildman–Crippen MR) is 112 cm³/mol. The van der Waals surface area contributed by atoms with Gasteiger partial charge in [-0.2, -0.15) is 0 Å². The smallest absolute Gasteiger partial charge is 0.360 e. The van der Waals surface area contributed by atoms with E-state index in [1.54, 1.807) is 18.2 Å². The van der Waals surface area contributed by atoms with Crippen LogP contribution in [-0.2, 0) is 11.3 Å². The molecule has 1 aromatic heterocycles. The van der Waals surface area contributed by atoms with E-state index in [0.717, 1.165) is 6.54 Å². The molecule has 1 N–H and O–H groups in total. The van der Waals surface area contributed by atoms with Gasteiger partial charge in [0.05, 0.1) is 14.2 Å². The molecule has 3 aromatic rings. The van der Waals surface area contributed by atoms with Crippen molar-refractivity contribution in [3.63, 3.8) is 0 Å². The number of ether oxygens (including phenoxy) is 2. The zero-order valence-corrected chi connectivity index (χ0v) is 16.7. The van der Waals surface area contributed by atoms with Crippen molar-refractivity contribution in [1.82, 2.24) is 4.90 Å².